The monoisotopic (exact) mass is 353 g/mol. The molecule has 140 valence electrons. The molecular formula is C21H31N5. The Balaban J connectivity index is 1.86. The molecule has 3 N–H and O–H groups in total. The molecule has 2 aromatic rings. The lowest BCUT2D eigenvalue weighted by atomic mass is 10.0. The van der Waals surface area contributed by atoms with Crippen molar-refractivity contribution in [3.8, 4) is 6.07 Å². The SMILES string of the molecule is CCCCCCCCCC(N)N=NC(C)(C#N)c1cc2ccccc2[nH]1. The Labute approximate surface area is 156 Å². The summed E-state index contributed by atoms with van der Waals surface area (Å²) in [6.45, 7) is 4.00. The highest BCUT2D eigenvalue weighted by Gasteiger charge is 2.28. The van der Waals surface area contributed by atoms with E-state index in [1.165, 1.54) is 38.5 Å². The average Bonchev–Trinajstić information content (AvgIpc) is 3.10. The van der Waals surface area contributed by atoms with Crippen molar-refractivity contribution in [1.82, 2.24) is 4.98 Å². The molecule has 5 heteroatoms. The third kappa shape index (κ3) is 5.67. The van der Waals surface area contributed by atoms with Crippen molar-refractivity contribution in [2.45, 2.75) is 76.9 Å². The summed E-state index contributed by atoms with van der Waals surface area (Å²) in [4.78, 5) is 3.27. The zero-order valence-electron chi connectivity index (χ0n) is 16.0. The fourth-order valence-corrected chi connectivity index (χ4v) is 3.03. The molecule has 0 fully saturated rings. The van der Waals surface area contributed by atoms with Gasteiger partial charge >= 0.3 is 0 Å². The summed E-state index contributed by atoms with van der Waals surface area (Å²) in [5, 5.41) is 19.2. The van der Waals surface area contributed by atoms with Crippen molar-refractivity contribution in [3.05, 3.63) is 36.0 Å². The number of rotatable bonds is 11. The van der Waals surface area contributed by atoms with Gasteiger partial charge in [-0.1, -0.05) is 63.6 Å². The Hall–Kier alpha value is -2.19. The molecular weight excluding hydrogens is 322 g/mol. The largest absolute Gasteiger partial charge is 0.355 e. The second-order valence-corrected chi connectivity index (χ2v) is 7.15. The van der Waals surface area contributed by atoms with Gasteiger partial charge in [-0.3, -0.25) is 0 Å². The van der Waals surface area contributed by atoms with Gasteiger partial charge in [0, 0.05) is 5.52 Å². The molecule has 0 radical (unpaired) electrons. The van der Waals surface area contributed by atoms with E-state index in [0.29, 0.717) is 0 Å². The fraction of sp³-hybridized carbons (Fsp3) is 0.571. The van der Waals surface area contributed by atoms with E-state index in [-0.39, 0.29) is 6.17 Å². The third-order valence-corrected chi connectivity index (χ3v) is 4.78. The van der Waals surface area contributed by atoms with Gasteiger partial charge in [-0.25, -0.2) is 0 Å². The number of unbranched alkanes of at least 4 members (excludes halogenated alkanes) is 6. The van der Waals surface area contributed by atoms with Crippen LogP contribution in [0, 0.1) is 11.3 Å². The number of azo groups is 1. The number of nitrogens with two attached hydrogens (primary N) is 1. The Morgan fingerprint density at radius 2 is 1.85 bits per heavy atom. The number of fused-ring (bicyclic) bond motifs is 1. The van der Waals surface area contributed by atoms with Crippen LogP contribution >= 0.6 is 0 Å². The summed E-state index contributed by atoms with van der Waals surface area (Å²) in [6.07, 6.45) is 9.20. The summed E-state index contributed by atoms with van der Waals surface area (Å²) in [5.41, 5.74) is 6.76. The maximum Gasteiger partial charge on any atom is 0.204 e. The lowest BCUT2D eigenvalue weighted by molar-refractivity contribution is 0.495. The van der Waals surface area contributed by atoms with E-state index in [1.807, 2.05) is 30.3 Å². The fourth-order valence-electron chi connectivity index (χ4n) is 3.03. The first-order valence-corrected chi connectivity index (χ1v) is 9.76. The van der Waals surface area contributed by atoms with Crippen molar-refractivity contribution in [2.24, 2.45) is 16.0 Å². The number of nitrogens with one attached hydrogen (secondary N) is 1. The second kappa shape index (κ2) is 10.1. The van der Waals surface area contributed by atoms with E-state index >= 15 is 0 Å². The van der Waals surface area contributed by atoms with Crippen LogP contribution < -0.4 is 5.73 Å². The molecule has 0 saturated carbocycles. The summed E-state index contributed by atoms with van der Waals surface area (Å²) in [7, 11) is 0. The van der Waals surface area contributed by atoms with E-state index < -0.39 is 5.54 Å². The molecule has 2 atom stereocenters. The number of aromatic nitrogens is 1. The summed E-state index contributed by atoms with van der Waals surface area (Å²) in [6, 6.07) is 12.2. The highest BCUT2D eigenvalue weighted by molar-refractivity contribution is 5.80. The first-order valence-electron chi connectivity index (χ1n) is 9.76. The first kappa shape index (κ1) is 20.1. The highest BCUT2D eigenvalue weighted by Crippen LogP contribution is 2.28. The molecule has 2 rings (SSSR count). The zero-order valence-corrected chi connectivity index (χ0v) is 16.0. The van der Waals surface area contributed by atoms with Crippen LogP contribution in [0.25, 0.3) is 10.9 Å². The molecule has 0 amide bonds. The van der Waals surface area contributed by atoms with E-state index in [9.17, 15) is 5.26 Å². The van der Waals surface area contributed by atoms with Gasteiger partial charge in [0.15, 0.2) is 0 Å². The van der Waals surface area contributed by atoms with Gasteiger partial charge < -0.3 is 10.7 Å². The van der Waals surface area contributed by atoms with Crippen molar-refractivity contribution in [2.75, 3.05) is 0 Å². The average molecular weight is 354 g/mol. The molecule has 0 aliphatic rings. The molecule has 1 heterocycles. The number of benzene rings is 1. The van der Waals surface area contributed by atoms with Crippen LogP contribution in [0.15, 0.2) is 40.6 Å². The Morgan fingerprint density at radius 3 is 2.54 bits per heavy atom. The molecule has 0 aliphatic carbocycles. The van der Waals surface area contributed by atoms with Crippen LogP contribution in [0.1, 0.15) is 70.9 Å². The van der Waals surface area contributed by atoms with E-state index in [0.717, 1.165) is 29.4 Å². The lowest BCUT2D eigenvalue weighted by Gasteiger charge is -2.14. The lowest BCUT2D eigenvalue weighted by Crippen LogP contribution is -2.21. The number of hydrogen-bond acceptors (Lipinski definition) is 4. The molecule has 0 bridgehead atoms. The molecule has 26 heavy (non-hydrogen) atoms. The molecule has 0 aliphatic heterocycles. The smallest absolute Gasteiger partial charge is 0.204 e. The van der Waals surface area contributed by atoms with Gasteiger partial charge in [-0.05, 0) is 37.3 Å². The Kier molecular flexibility index (Phi) is 7.80. The maximum absolute atomic E-state index is 9.63. The summed E-state index contributed by atoms with van der Waals surface area (Å²) >= 11 is 0. The highest BCUT2D eigenvalue weighted by atomic mass is 15.2. The molecule has 0 saturated heterocycles. The molecule has 5 nitrogen and oxygen atoms in total. The van der Waals surface area contributed by atoms with Gasteiger partial charge in [0.05, 0.1) is 5.69 Å². The third-order valence-electron chi connectivity index (χ3n) is 4.78. The van der Waals surface area contributed by atoms with Gasteiger partial charge in [-0.2, -0.15) is 15.5 Å². The minimum Gasteiger partial charge on any atom is -0.355 e. The normalized spacial score (nSPS) is 15.2. The zero-order chi connectivity index (χ0) is 18.8. The van der Waals surface area contributed by atoms with Crippen LogP contribution in [-0.4, -0.2) is 11.1 Å². The van der Waals surface area contributed by atoms with Crippen LogP contribution in [0.3, 0.4) is 0 Å². The Morgan fingerprint density at radius 1 is 1.15 bits per heavy atom. The number of H-pyrrole nitrogens is 1. The van der Waals surface area contributed by atoms with Crippen LogP contribution in [0.5, 0.6) is 0 Å². The van der Waals surface area contributed by atoms with E-state index in [4.69, 9.17) is 5.73 Å². The maximum atomic E-state index is 9.63. The Bertz CT molecular complexity index is 709. The molecule has 0 spiro atoms. The quantitative estimate of drug-likeness (QED) is 0.396. The van der Waals surface area contributed by atoms with Gasteiger partial charge in [0.2, 0.25) is 5.54 Å². The van der Waals surface area contributed by atoms with Crippen LogP contribution in [0.4, 0.5) is 0 Å². The molecule has 2 unspecified atom stereocenters. The predicted octanol–water partition coefficient (Wildman–Crippen LogP) is 5.78. The number of nitrogens with zero attached hydrogens (tertiary/aromatic N) is 3. The van der Waals surface area contributed by atoms with Gasteiger partial charge in [0.1, 0.15) is 12.2 Å². The van der Waals surface area contributed by atoms with Crippen molar-refractivity contribution in [1.29, 1.82) is 5.26 Å². The van der Waals surface area contributed by atoms with Crippen molar-refractivity contribution in [3.63, 3.8) is 0 Å². The van der Waals surface area contributed by atoms with Crippen molar-refractivity contribution >= 4 is 10.9 Å². The standard InChI is InChI=1S/C21H31N5/c1-3-4-5-6-7-8-9-14-20(23)25-26-21(2,16-22)19-15-17-12-10-11-13-18(17)24-19/h10-13,15,20,24H,3-9,14,23H2,1-2H3. The number of aromatic amines is 1. The minimum atomic E-state index is -1.04. The van der Waals surface area contributed by atoms with Gasteiger partial charge in [-0.15, -0.1) is 0 Å². The molecule has 1 aromatic carbocycles. The summed E-state index contributed by atoms with van der Waals surface area (Å²) < 4.78 is 0. The van der Waals surface area contributed by atoms with Gasteiger partial charge in [0.25, 0.3) is 0 Å². The second-order valence-electron chi connectivity index (χ2n) is 7.15. The van der Waals surface area contributed by atoms with E-state index in [2.05, 4.69) is 28.2 Å². The van der Waals surface area contributed by atoms with Crippen molar-refractivity contribution < 1.29 is 0 Å². The van der Waals surface area contributed by atoms with Crippen LogP contribution in [0.2, 0.25) is 0 Å². The van der Waals surface area contributed by atoms with E-state index in [1.54, 1.807) is 6.92 Å². The number of hydrogen-bond donors (Lipinski definition) is 2. The predicted molar refractivity (Wildman–Crippen MR) is 107 cm³/mol. The topological polar surface area (TPSA) is 90.3 Å². The number of para-hydroxylation sites is 1. The molecule has 1 aromatic heterocycles. The first-order chi connectivity index (χ1) is 12.6. The van der Waals surface area contributed by atoms with Crippen LogP contribution in [-0.2, 0) is 5.54 Å². The minimum absolute atomic E-state index is 0.345. The number of nitriles is 1. The summed E-state index contributed by atoms with van der Waals surface area (Å²) in [5.74, 6) is 0.